The highest BCUT2D eigenvalue weighted by Gasteiger charge is 2.22. The van der Waals surface area contributed by atoms with Gasteiger partial charge in [0.2, 0.25) is 0 Å². The average Bonchev–Trinajstić information content (AvgIpc) is 2.48. The van der Waals surface area contributed by atoms with E-state index in [1.807, 2.05) is 24.3 Å². The molecule has 0 bridgehead atoms. The molecular formula is C16H24O4. The Balaban J connectivity index is 2.71. The molecule has 0 fully saturated rings. The summed E-state index contributed by atoms with van der Waals surface area (Å²) in [7, 11) is 1.62. The van der Waals surface area contributed by atoms with E-state index in [0.717, 1.165) is 24.2 Å². The summed E-state index contributed by atoms with van der Waals surface area (Å²) in [4.78, 5) is 12.0. The molecule has 1 aromatic carbocycles. The van der Waals surface area contributed by atoms with E-state index in [1.54, 1.807) is 14.0 Å². The van der Waals surface area contributed by atoms with E-state index < -0.39 is 0 Å². The number of hydrogen-bond donors (Lipinski definition) is 0. The van der Waals surface area contributed by atoms with Crippen molar-refractivity contribution in [3.05, 3.63) is 29.8 Å². The smallest absolute Gasteiger partial charge is 0.315 e. The Kier molecular flexibility index (Phi) is 7.73. The highest BCUT2D eigenvalue weighted by Crippen LogP contribution is 2.21. The van der Waals surface area contributed by atoms with Crippen molar-refractivity contribution < 1.29 is 19.0 Å². The van der Waals surface area contributed by atoms with Gasteiger partial charge in [0.05, 0.1) is 20.3 Å². The Bertz CT molecular complexity index is 386. The number of unbranched alkanes of at least 4 members (excludes halogenated alkanes) is 1. The molecule has 0 aliphatic rings. The number of hydrogen-bond acceptors (Lipinski definition) is 4. The van der Waals surface area contributed by atoms with Gasteiger partial charge in [-0.15, -0.1) is 0 Å². The molecule has 1 rings (SSSR count). The van der Waals surface area contributed by atoms with E-state index in [1.165, 1.54) is 0 Å². The van der Waals surface area contributed by atoms with Gasteiger partial charge in [0.1, 0.15) is 11.7 Å². The lowest BCUT2D eigenvalue weighted by Gasteiger charge is -2.16. The summed E-state index contributed by atoms with van der Waals surface area (Å²) >= 11 is 0. The zero-order valence-electron chi connectivity index (χ0n) is 12.6. The molecular weight excluding hydrogens is 256 g/mol. The molecule has 1 unspecified atom stereocenters. The average molecular weight is 280 g/mol. The molecule has 1 atom stereocenters. The summed E-state index contributed by atoms with van der Waals surface area (Å²) in [6, 6.07) is 7.44. The van der Waals surface area contributed by atoms with Crippen LogP contribution in [0.5, 0.6) is 5.75 Å². The zero-order valence-corrected chi connectivity index (χ0v) is 12.6. The van der Waals surface area contributed by atoms with Gasteiger partial charge in [-0.2, -0.15) is 0 Å². The maximum absolute atomic E-state index is 12.0. The third-order valence-corrected chi connectivity index (χ3v) is 3.02. The predicted molar refractivity (Wildman–Crippen MR) is 78.1 cm³/mol. The second-order valence-electron chi connectivity index (χ2n) is 4.51. The Hall–Kier alpha value is -1.55. The van der Waals surface area contributed by atoms with Crippen molar-refractivity contribution in [2.24, 2.45) is 0 Å². The molecule has 0 heterocycles. The van der Waals surface area contributed by atoms with Crippen LogP contribution in [0, 0.1) is 0 Å². The molecule has 4 nitrogen and oxygen atoms in total. The quantitative estimate of drug-likeness (QED) is 0.515. The Labute approximate surface area is 121 Å². The molecule has 0 aromatic heterocycles. The number of carbonyl (C=O) groups excluding carboxylic acids is 1. The molecule has 0 spiro atoms. The maximum Gasteiger partial charge on any atom is 0.315 e. The van der Waals surface area contributed by atoms with Crippen LogP contribution in [0.15, 0.2) is 24.3 Å². The summed E-state index contributed by atoms with van der Waals surface area (Å²) < 4.78 is 15.8. The standard InChI is InChI=1S/C16H24O4/c1-4-6-11-19-12-15(16(17)20-5-2)13-7-9-14(18-3)10-8-13/h7-10,15H,4-6,11-12H2,1-3H3. The Morgan fingerprint density at radius 2 is 1.90 bits per heavy atom. The van der Waals surface area contributed by atoms with Crippen LogP contribution in [-0.4, -0.2) is 32.9 Å². The van der Waals surface area contributed by atoms with Gasteiger partial charge in [-0.1, -0.05) is 25.5 Å². The van der Waals surface area contributed by atoms with E-state index in [2.05, 4.69) is 6.92 Å². The van der Waals surface area contributed by atoms with Crippen LogP contribution >= 0.6 is 0 Å². The Morgan fingerprint density at radius 1 is 1.20 bits per heavy atom. The fourth-order valence-electron chi connectivity index (χ4n) is 1.83. The lowest BCUT2D eigenvalue weighted by Crippen LogP contribution is -2.21. The maximum atomic E-state index is 12.0. The number of esters is 1. The van der Waals surface area contributed by atoms with Crippen LogP contribution in [0.25, 0.3) is 0 Å². The second kappa shape index (κ2) is 9.37. The molecule has 1 aromatic rings. The first-order valence-corrected chi connectivity index (χ1v) is 7.11. The first kappa shape index (κ1) is 16.5. The molecule has 0 saturated carbocycles. The van der Waals surface area contributed by atoms with Crippen molar-refractivity contribution in [2.45, 2.75) is 32.6 Å². The third kappa shape index (κ3) is 5.21. The highest BCUT2D eigenvalue weighted by atomic mass is 16.5. The molecule has 0 aliphatic heterocycles. The highest BCUT2D eigenvalue weighted by molar-refractivity contribution is 5.78. The van der Waals surface area contributed by atoms with Gasteiger partial charge in [0, 0.05) is 6.61 Å². The minimum atomic E-state index is -0.377. The third-order valence-electron chi connectivity index (χ3n) is 3.02. The van der Waals surface area contributed by atoms with Gasteiger partial charge in [0.15, 0.2) is 0 Å². The molecule has 0 radical (unpaired) electrons. The number of ether oxygens (including phenoxy) is 3. The van der Waals surface area contributed by atoms with Crippen LogP contribution in [0.3, 0.4) is 0 Å². The van der Waals surface area contributed by atoms with E-state index in [-0.39, 0.29) is 11.9 Å². The molecule has 0 aliphatic carbocycles. The van der Waals surface area contributed by atoms with Gasteiger partial charge in [0.25, 0.3) is 0 Å². The topological polar surface area (TPSA) is 44.8 Å². The minimum Gasteiger partial charge on any atom is -0.497 e. The monoisotopic (exact) mass is 280 g/mol. The van der Waals surface area contributed by atoms with E-state index in [9.17, 15) is 4.79 Å². The van der Waals surface area contributed by atoms with Crippen LogP contribution in [0.2, 0.25) is 0 Å². The molecule has 0 N–H and O–H groups in total. The fraction of sp³-hybridized carbons (Fsp3) is 0.562. The van der Waals surface area contributed by atoms with Gasteiger partial charge >= 0.3 is 5.97 Å². The van der Waals surface area contributed by atoms with Crippen LogP contribution in [-0.2, 0) is 14.3 Å². The van der Waals surface area contributed by atoms with Crippen molar-refractivity contribution in [1.29, 1.82) is 0 Å². The van der Waals surface area contributed by atoms with Gasteiger partial charge in [-0.3, -0.25) is 4.79 Å². The zero-order chi connectivity index (χ0) is 14.8. The van der Waals surface area contributed by atoms with Crippen molar-refractivity contribution in [3.8, 4) is 5.75 Å². The summed E-state index contributed by atoms with van der Waals surface area (Å²) in [6.07, 6.45) is 2.07. The van der Waals surface area contributed by atoms with Crippen molar-refractivity contribution in [1.82, 2.24) is 0 Å². The Morgan fingerprint density at radius 3 is 2.45 bits per heavy atom. The molecule has 0 saturated heterocycles. The van der Waals surface area contributed by atoms with Gasteiger partial charge < -0.3 is 14.2 Å². The molecule has 112 valence electrons. The number of methoxy groups -OCH3 is 1. The largest absolute Gasteiger partial charge is 0.497 e. The second-order valence-corrected chi connectivity index (χ2v) is 4.51. The van der Waals surface area contributed by atoms with Crippen molar-refractivity contribution in [3.63, 3.8) is 0 Å². The van der Waals surface area contributed by atoms with E-state index in [0.29, 0.717) is 19.8 Å². The summed E-state index contributed by atoms with van der Waals surface area (Å²) in [6.45, 7) is 5.31. The number of carbonyl (C=O) groups is 1. The molecule has 4 heteroatoms. The normalized spacial score (nSPS) is 11.9. The first-order valence-electron chi connectivity index (χ1n) is 7.11. The molecule has 0 amide bonds. The minimum absolute atomic E-state index is 0.242. The van der Waals surface area contributed by atoms with E-state index >= 15 is 0 Å². The lowest BCUT2D eigenvalue weighted by atomic mass is 10.00. The fourth-order valence-corrected chi connectivity index (χ4v) is 1.83. The summed E-state index contributed by atoms with van der Waals surface area (Å²) in [5.41, 5.74) is 0.890. The van der Waals surface area contributed by atoms with Crippen LogP contribution in [0.1, 0.15) is 38.2 Å². The van der Waals surface area contributed by atoms with Crippen molar-refractivity contribution in [2.75, 3.05) is 26.9 Å². The lowest BCUT2D eigenvalue weighted by molar-refractivity contribution is -0.146. The van der Waals surface area contributed by atoms with E-state index in [4.69, 9.17) is 14.2 Å². The van der Waals surface area contributed by atoms with Gasteiger partial charge in [-0.05, 0) is 31.0 Å². The predicted octanol–water partition coefficient (Wildman–Crippen LogP) is 3.16. The summed E-state index contributed by atoms with van der Waals surface area (Å²) in [5, 5.41) is 0. The van der Waals surface area contributed by atoms with Gasteiger partial charge in [-0.25, -0.2) is 0 Å². The van der Waals surface area contributed by atoms with Crippen molar-refractivity contribution >= 4 is 5.97 Å². The number of rotatable bonds is 9. The number of benzene rings is 1. The summed E-state index contributed by atoms with van der Waals surface area (Å²) in [5.74, 6) is 0.148. The molecule has 20 heavy (non-hydrogen) atoms. The van der Waals surface area contributed by atoms with Crippen LogP contribution in [0.4, 0.5) is 0 Å². The first-order chi connectivity index (χ1) is 9.72. The SMILES string of the molecule is CCCCOCC(C(=O)OCC)c1ccc(OC)cc1. The van der Waals surface area contributed by atoms with Crippen LogP contribution < -0.4 is 4.74 Å².